The third-order valence-electron chi connectivity index (χ3n) is 2.25. The fourth-order valence-corrected chi connectivity index (χ4v) is 1.42. The molecule has 3 heteroatoms. The fraction of sp³-hybridized carbons (Fsp3) is 0.900. The fourth-order valence-electron chi connectivity index (χ4n) is 1.42. The zero-order chi connectivity index (χ0) is 10.3. The SMILES string of the molecule is CCNC(C)(C#N)CN(CC)CC. The molecule has 0 aliphatic rings. The zero-order valence-electron chi connectivity index (χ0n) is 9.22. The minimum atomic E-state index is -0.402. The van der Waals surface area contributed by atoms with Crippen LogP contribution in [0.5, 0.6) is 0 Å². The molecule has 1 unspecified atom stereocenters. The van der Waals surface area contributed by atoms with Crippen LogP contribution in [0.15, 0.2) is 0 Å². The molecule has 0 rings (SSSR count). The molecule has 0 heterocycles. The number of nitrogens with one attached hydrogen (secondary N) is 1. The van der Waals surface area contributed by atoms with Crippen LogP contribution >= 0.6 is 0 Å². The van der Waals surface area contributed by atoms with Crippen molar-refractivity contribution in [3.05, 3.63) is 0 Å². The molecule has 0 fully saturated rings. The van der Waals surface area contributed by atoms with Crippen LogP contribution in [0.2, 0.25) is 0 Å². The number of hydrogen-bond acceptors (Lipinski definition) is 3. The van der Waals surface area contributed by atoms with E-state index in [9.17, 15) is 0 Å². The minimum Gasteiger partial charge on any atom is -0.301 e. The van der Waals surface area contributed by atoms with Gasteiger partial charge < -0.3 is 4.90 Å². The number of nitriles is 1. The summed E-state index contributed by atoms with van der Waals surface area (Å²) < 4.78 is 0. The van der Waals surface area contributed by atoms with Gasteiger partial charge in [0, 0.05) is 6.54 Å². The maximum atomic E-state index is 9.02. The van der Waals surface area contributed by atoms with Gasteiger partial charge in [-0.2, -0.15) is 5.26 Å². The molecule has 3 nitrogen and oxygen atoms in total. The number of hydrogen-bond donors (Lipinski definition) is 1. The highest BCUT2D eigenvalue weighted by Gasteiger charge is 2.24. The molecule has 1 N–H and O–H groups in total. The van der Waals surface area contributed by atoms with Gasteiger partial charge >= 0.3 is 0 Å². The van der Waals surface area contributed by atoms with Crippen molar-refractivity contribution in [1.29, 1.82) is 5.26 Å². The van der Waals surface area contributed by atoms with E-state index in [2.05, 4.69) is 30.1 Å². The molecule has 0 aliphatic carbocycles. The lowest BCUT2D eigenvalue weighted by Crippen LogP contribution is -2.50. The molecule has 0 aromatic rings. The summed E-state index contributed by atoms with van der Waals surface area (Å²) in [5.41, 5.74) is -0.402. The van der Waals surface area contributed by atoms with Crippen LogP contribution in [-0.2, 0) is 0 Å². The Morgan fingerprint density at radius 2 is 1.85 bits per heavy atom. The predicted molar refractivity (Wildman–Crippen MR) is 55.5 cm³/mol. The van der Waals surface area contributed by atoms with Crippen molar-refractivity contribution in [2.24, 2.45) is 0 Å². The van der Waals surface area contributed by atoms with Gasteiger partial charge in [-0.25, -0.2) is 0 Å². The first-order valence-corrected chi connectivity index (χ1v) is 5.00. The quantitative estimate of drug-likeness (QED) is 0.673. The van der Waals surface area contributed by atoms with Gasteiger partial charge in [0.1, 0.15) is 5.54 Å². The molecule has 0 aliphatic heterocycles. The molecule has 76 valence electrons. The lowest BCUT2D eigenvalue weighted by Gasteiger charge is -2.29. The Kier molecular flexibility index (Phi) is 5.68. The molecule has 0 amide bonds. The van der Waals surface area contributed by atoms with Crippen molar-refractivity contribution < 1.29 is 0 Å². The number of nitrogens with zero attached hydrogens (tertiary/aromatic N) is 2. The molecule has 13 heavy (non-hydrogen) atoms. The van der Waals surface area contributed by atoms with E-state index >= 15 is 0 Å². The van der Waals surface area contributed by atoms with Crippen molar-refractivity contribution in [2.75, 3.05) is 26.2 Å². The lowest BCUT2D eigenvalue weighted by molar-refractivity contribution is 0.241. The highest BCUT2D eigenvalue weighted by Crippen LogP contribution is 2.04. The van der Waals surface area contributed by atoms with Crippen molar-refractivity contribution in [3.63, 3.8) is 0 Å². The summed E-state index contributed by atoms with van der Waals surface area (Å²) in [4.78, 5) is 2.26. The Balaban J connectivity index is 4.17. The molecular weight excluding hydrogens is 162 g/mol. The Labute approximate surface area is 81.7 Å². The number of rotatable bonds is 6. The summed E-state index contributed by atoms with van der Waals surface area (Å²) in [5.74, 6) is 0. The van der Waals surface area contributed by atoms with Gasteiger partial charge in [-0.1, -0.05) is 20.8 Å². The molecule has 0 radical (unpaired) electrons. The normalized spacial score (nSPS) is 15.4. The van der Waals surface area contributed by atoms with Crippen LogP contribution in [0.25, 0.3) is 0 Å². The molecule has 0 saturated heterocycles. The van der Waals surface area contributed by atoms with E-state index in [4.69, 9.17) is 5.26 Å². The van der Waals surface area contributed by atoms with Gasteiger partial charge in [0.2, 0.25) is 0 Å². The minimum absolute atomic E-state index is 0.402. The Morgan fingerprint density at radius 3 is 2.15 bits per heavy atom. The molecule has 0 aromatic heterocycles. The van der Waals surface area contributed by atoms with Crippen LogP contribution in [-0.4, -0.2) is 36.6 Å². The maximum absolute atomic E-state index is 9.02. The maximum Gasteiger partial charge on any atom is 0.116 e. The molecular formula is C10H21N3. The van der Waals surface area contributed by atoms with Crippen LogP contribution < -0.4 is 5.32 Å². The molecule has 0 aromatic carbocycles. The molecule has 0 saturated carbocycles. The second kappa shape index (κ2) is 5.95. The summed E-state index contributed by atoms with van der Waals surface area (Å²) >= 11 is 0. The average molecular weight is 183 g/mol. The standard InChI is InChI=1S/C10H21N3/c1-5-12-10(4,8-11)9-13(6-2)7-3/h12H,5-7,9H2,1-4H3. The van der Waals surface area contributed by atoms with E-state index < -0.39 is 5.54 Å². The summed E-state index contributed by atoms with van der Waals surface area (Å²) in [6, 6.07) is 2.33. The van der Waals surface area contributed by atoms with Crippen molar-refractivity contribution >= 4 is 0 Å². The first kappa shape index (κ1) is 12.4. The predicted octanol–water partition coefficient (Wildman–Crippen LogP) is 1.22. The van der Waals surface area contributed by atoms with E-state index in [1.54, 1.807) is 0 Å². The van der Waals surface area contributed by atoms with E-state index in [1.165, 1.54) is 0 Å². The van der Waals surface area contributed by atoms with Gasteiger partial charge in [0.05, 0.1) is 6.07 Å². The second-order valence-electron chi connectivity index (χ2n) is 3.44. The first-order valence-electron chi connectivity index (χ1n) is 5.00. The van der Waals surface area contributed by atoms with E-state index in [-0.39, 0.29) is 0 Å². The smallest absolute Gasteiger partial charge is 0.116 e. The van der Waals surface area contributed by atoms with Crippen LogP contribution in [0.1, 0.15) is 27.7 Å². The third-order valence-corrected chi connectivity index (χ3v) is 2.25. The Bertz CT molecular complexity index is 169. The summed E-state index contributed by atoms with van der Waals surface area (Å²) in [6.07, 6.45) is 0. The largest absolute Gasteiger partial charge is 0.301 e. The molecule has 0 spiro atoms. The van der Waals surface area contributed by atoms with E-state index in [0.717, 1.165) is 26.2 Å². The number of likely N-dealkylation sites (N-methyl/N-ethyl adjacent to an activating group) is 2. The second-order valence-corrected chi connectivity index (χ2v) is 3.44. The Hall–Kier alpha value is -0.590. The van der Waals surface area contributed by atoms with Gasteiger partial charge in [-0.05, 0) is 26.6 Å². The van der Waals surface area contributed by atoms with Gasteiger partial charge in [-0.15, -0.1) is 0 Å². The summed E-state index contributed by atoms with van der Waals surface area (Å²) in [7, 11) is 0. The third kappa shape index (κ3) is 4.25. The highest BCUT2D eigenvalue weighted by atomic mass is 15.2. The lowest BCUT2D eigenvalue weighted by atomic mass is 10.0. The van der Waals surface area contributed by atoms with Crippen LogP contribution in [0, 0.1) is 11.3 Å². The van der Waals surface area contributed by atoms with Gasteiger partial charge in [-0.3, -0.25) is 5.32 Å². The monoisotopic (exact) mass is 183 g/mol. The topological polar surface area (TPSA) is 39.1 Å². The van der Waals surface area contributed by atoms with E-state index in [0.29, 0.717) is 0 Å². The van der Waals surface area contributed by atoms with Gasteiger partial charge in [0.15, 0.2) is 0 Å². The molecule has 0 bridgehead atoms. The summed E-state index contributed by atoms with van der Waals surface area (Å²) in [5, 5.41) is 12.2. The molecule has 1 atom stereocenters. The average Bonchev–Trinajstić information content (AvgIpc) is 2.15. The van der Waals surface area contributed by atoms with Crippen molar-refractivity contribution in [2.45, 2.75) is 33.2 Å². The summed E-state index contributed by atoms with van der Waals surface area (Å²) in [6.45, 7) is 11.8. The zero-order valence-corrected chi connectivity index (χ0v) is 9.22. The van der Waals surface area contributed by atoms with Gasteiger partial charge in [0.25, 0.3) is 0 Å². The van der Waals surface area contributed by atoms with Crippen LogP contribution in [0.3, 0.4) is 0 Å². The van der Waals surface area contributed by atoms with Crippen molar-refractivity contribution in [1.82, 2.24) is 10.2 Å². The Morgan fingerprint density at radius 1 is 1.31 bits per heavy atom. The van der Waals surface area contributed by atoms with E-state index in [1.807, 2.05) is 13.8 Å². The van der Waals surface area contributed by atoms with Crippen molar-refractivity contribution in [3.8, 4) is 6.07 Å². The van der Waals surface area contributed by atoms with Crippen LogP contribution in [0.4, 0.5) is 0 Å². The highest BCUT2D eigenvalue weighted by molar-refractivity contribution is 5.05. The first-order chi connectivity index (χ1) is 6.11.